The number of fused-ring (bicyclic) bond motifs is 1. The summed E-state index contributed by atoms with van der Waals surface area (Å²) in [4.78, 5) is 23.6. The minimum absolute atomic E-state index is 0.0479. The number of anilines is 1. The highest BCUT2D eigenvalue weighted by atomic mass is 35.5. The fourth-order valence-electron chi connectivity index (χ4n) is 2.89. The molecular weight excluding hydrogens is 442 g/mol. The molecule has 30 heavy (non-hydrogen) atoms. The van der Waals surface area contributed by atoms with Crippen LogP contribution in [-0.4, -0.2) is 45.5 Å². The highest BCUT2D eigenvalue weighted by Gasteiger charge is 2.19. The van der Waals surface area contributed by atoms with Crippen LogP contribution in [0.1, 0.15) is 6.92 Å². The van der Waals surface area contributed by atoms with Crippen LogP contribution in [0.25, 0.3) is 21.6 Å². The molecule has 0 fully saturated rings. The van der Waals surface area contributed by atoms with Crippen LogP contribution < -0.4 is 9.64 Å². The number of thiazole rings is 1. The molecule has 0 saturated carbocycles. The van der Waals surface area contributed by atoms with Crippen molar-refractivity contribution in [3.8, 4) is 17.1 Å². The zero-order valence-electron chi connectivity index (χ0n) is 16.3. The highest BCUT2D eigenvalue weighted by Crippen LogP contribution is 2.32. The third kappa shape index (κ3) is 4.28. The highest BCUT2D eigenvalue weighted by molar-refractivity contribution is 7.99. The van der Waals surface area contributed by atoms with Crippen molar-refractivity contribution in [1.82, 2.24) is 20.2 Å². The second-order valence-electron chi connectivity index (χ2n) is 6.20. The Balaban J connectivity index is 1.47. The Morgan fingerprint density at radius 2 is 2.10 bits per heavy atom. The molecule has 0 unspecified atom stereocenters. The number of thioether (sulfide) groups is 1. The number of carbonyl (C=O) groups excluding carboxylic acids is 1. The smallest absolute Gasteiger partial charge is 0.239 e. The van der Waals surface area contributed by atoms with Gasteiger partial charge in [-0.2, -0.15) is 0 Å². The minimum Gasteiger partial charge on any atom is -0.496 e. The number of nitrogens with one attached hydrogen (secondary N) is 1. The van der Waals surface area contributed by atoms with Crippen molar-refractivity contribution in [2.45, 2.75) is 12.1 Å². The van der Waals surface area contributed by atoms with E-state index in [2.05, 4.69) is 20.2 Å². The van der Waals surface area contributed by atoms with E-state index in [1.54, 1.807) is 30.2 Å². The lowest BCUT2D eigenvalue weighted by Crippen LogP contribution is -2.32. The van der Waals surface area contributed by atoms with Crippen molar-refractivity contribution in [2.75, 3.05) is 24.3 Å². The number of hydrogen-bond donors (Lipinski definition) is 1. The van der Waals surface area contributed by atoms with E-state index in [4.69, 9.17) is 16.3 Å². The monoisotopic (exact) mass is 459 g/mol. The first-order chi connectivity index (χ1) is 14.6. The van der Waals surface area contributed by atoms with E-state index >= 15 is 0 Å². The molecule has 10 heteroatoms. The number of aromatic amines is 1. The van der Waals surface area contributed by atoms with Crippen LogP contribution in [0.15, 0.2) is 47.6 Å². The fraction of sp³-hybridized carbons (Fsp3) is 0.200. The van der Waals surface area contributed by atoms with E-state index in [0.717, 1.165) is 10.2 Å². The molecule has 0 spiro atoms. The third-order valence-electron chi connectivity index (χ3n) is 4.34. The van der Waals surface area contributed by atoms with Crippen molar-refractivity contribution >= 4 is 56.0 Å². The molecule has 4 aromatic rings. The molecule has 0 radical (unpaired) electrons. The van der Waals surface area contributed by atoms with Gasteiger partial charge < -0.3 is 4.74 Å². The predicted octanol–water partition coefficient (Wildman–Crippen LogP) is 4.89. The van der Waals surface area contributed by atoms with Crippen molar-refractivity contribution in [3.05, 3.63) is 47.5 Å². The van der Waals surface area contributed by atoms with Gasteiger partial charge >= 0.3 is 0 Å². The summed E-state index contributed by atoms with van der Waals surface area (Å²) in [6.07, 6.45) is 0. The second kappa shape index (κ2) is 9.03. The number of amides is 1. The van der Waals surface area contributed by atoms with Crippen LogP contribution in [0.4, 0.5) is 5.13 Å². The number of carbonyl (C=O) groups is 1. The van der Waals surface area contributed by atoms with E-state index in [-0.39, 0.29) is 11.7 Å². The van der Waals surface area contributed by atoms with Gasteiger partial charge in [-0.25, -0.2) is 9.97 Å². The molecule has 0 aliphatic heterocycles. The van der Waals surface area contributed by atoms with E-state index in [1.165, 1.54) is 23.1 Å². The number of para-hydroxylation sites is 1. The zero-order valence-corrected chi connectivity index (χ0v) is 18.6. The van der Waals surface area contributed by atoms with Crippen LogP contribution in [0.5, 0.6) is 5.75 Å². The lowest BCUT2D eigenvalue weighted by molar-refractivity contribution is -0.116. The zero-order chi connectivity index (χ0) is 21.1. The van der Waals surface area contributed by atoms with E-state index in [0.29, 0.717) is 39.0 Å². The number of ether oxygens (including phenoxy) is 1. The van der Waals surface area contributed by atoms with Crippen molar-refractivity contribution < 1.29 is 9.53 Å². The van der Waals surface area contributed by atoms with Crippen LogP contribution in [0, 0.1) is 0 Å². The Labute approximate surface area is 186 Å². The predicted molar refractivity (Wildman–Crippen MR) is 122 cm³/mol. The van der Waals surface area contributed by atoms with Gasteiger partial charge in [0, 0.05) is 11.6 Å². The maximum absolute atomic E-state index is 12.8. The summed E-state index contributed by atoms with van der Waals surface area (Å²) in [6, 6.07) is 13.1. The molecule has 0 atom stereocenters. The van der Waals surface area contributed by atoms with Crippen molar-refractivity contribution in [1.29, 1.82) is 0 Å². The number of halogens is 1. The summed E-state index contributed by atoms with van der Waals surface area (Å²) < 4.78 is 6.42. The first kappa shape index (κ1) is 20.6. The largest absolute Gasteiger partial charge is 0.496 e. The van der Waals surface area contributed by atoms with E-state index < -0.39 is 0 Å². The molecule has 0 bridgehead atoms. The standard InChI is InChI=1S/C20H18ClN5O2S2/c1-3-26(20-22-14-6-4-5-7-16(14)30-20)17(27)11-29-19-23-18(24-25-19)13-10-12(21)8-9-15(13)28-2/h4-10H,3,11H2,1-2H3,(H,23,24,25). The molecule has 7 nitrogen and oxygen atoms in total. The summed E-state index contributed by atoms with van der Waals surface area (Å²) in [5.74, 6) is 1.32. The summed E-state index contributed by atoms with van der Waals surface area (Å²) in [6.45, 7) is 2.48. The van der Waals surface area contributed by atoms with Gasteiger partial charge in [-0.05, 0) is 37.3 Å². The summed E-state index contributed by atoms with van der Waals surface area (Å²) in [7, 11) is 1.58. The lowest BCUT2D eigenvalue weighted by Gasteiger charge is -2.16. The Hall–Kier alpha value is -2.62. The van der Waals surface area contributed by atoms with Crippen LogP contribution >= 0.6 is 34.7 Å². The Morgan fingerprint density at radius 1 is 1.27 bits per heavy atom. The van der Waals surface area contributed by atoms with E-state index in [9.17, 15) is 4.79 Å². The normalized spacial score (nSPS) is 11.0. The molecule has 2 aromatic heterocycles. The van der Waals surface area contributed by atoms with Crippen LogP contribution in [0.2, 0.25) is 5.02 Å². The van der Waals surface area contributed by atoms with Gasteiger partial charge in [0.2, 0.25) is 11.1 Å². The maximum atomic E-state index is 12.8. The molecule has 1 N–H and O–H groups in total. The van der Waals surface area contributed by atoms with Gasteiger partial charge in [0.15, 0.2) is 11.0 Å². The quantitative estimate of drug-likeness (QED) is 0.396. The van der Waals surface area contributed by atoms with Crippen molar-refractivity contribution in [3.63, 3.8) is 0 Å². The molecule has 4 rings (SSSR count). The Kier molecular flexibility index (Phi) is 6.21. The number of rotatable bonds is 7. The number of hydrogen-bond acceptors (Lipinski definition) is 7. The Bertz CT molecular complexity index is 1160. The van der Waals surface area contributed by atoms with Gasteiger partial charge in [-0.15, -0.1) is 5.10 Å². The Morgan fingerprint density at radius 3 is 2.87 bits per heavy atom. The van der Waals surface area contributed by atoms with Gasteiger partial charge in [-0.1, -0.05) is 46.8 Å². The van der Waals surface area contributed by atoms with Gasteiger partial charge in [-0.3, -0.25) is 14.8 Å². The minimum atomic E-state index is -0.0479. The summed E-state index contributed by atoms with van der Waals surface area (Å²) >= 11 is 8.87. The molecule has 0 saturated heterocycles. The SMILES string of the molecule is CCN(C(=O)CSc1n[nH]c(-c2cc(Cl)ccc2OC)n1)c1nc2ccccc2s1. The summed E-state index contributed by atoms with van der Waals surface area (Å²) in [5, 5.41) is 8.83. The molecule has 0 aliphatic carbocycles. The second-order valence-corrected chi connectivity index (χ2v) is 8.59. The number of nitrogens with zero attached hydrogens (tertiary/aromatic N) is 4. The number of aromatic nitrogens is 4. The number of H-pyrrole nitrogens is 1. The molecule has 1 amide bonds. The maximum Gasteiger partial charge on any atom is 0.239 e. The fourth-order valence-corrected chi connectivity index (χ4v) is 4.79. The van der Waals surface area contributed by atoms with E-state index in [1.807, 2.05) is 31.2 Å². The molecule has 154 valence electrons. The van der Waals surface area contributed by atoms with Crippen molar-refractivity contribution in [2.24, 2.45) is 0 Å². The lowest BCUT2D eigenvalue weighted by atomic mass is 10.2. The summed E-state index contributed by atoms with van der Waals surface area (Å²) in [5.41, 5.74) is 1.60. The van der Waals surface area contributed by atoms with Gasteiger partial charge in [0.05, 0.1) is 28.6 Å². The van der Waals surface area contributed by atoms with Gasteiger partial charge in [0.1, 0.15) is 5.75 Å². The number of methoxy groups -OCH3 is 1. The molecule has 2 aromatic carbocycles. The number of benzene rings is 2. The topological polar surface area (TPSA) is 84.0 Å². The third-order valence-corrected chi connectivity index (χ3v) is 6.46. The molecular formula is C20H18ClN5O2S2. The first-order valence-electron chi connectivity index (χ1n) is 9.14. The first-order valence-corrected chi connectivity index (χ1v) is 11.3. The molecule has 2 heterocycles. The van der Waals surface area contributed by atoms with Crippen LogP contribution in [0.3, 0.4) is 0 Å². The average Bonchev–Trinajstić information content (AvgIpc) is 3.39. The van der Waals surface area contributed by atoms with Crippen LogP contribution in [-0.2, 0) is 4.79 Å². The average molecular weight is 460 g/mol. The van der Waals surface area contributed by atoms with Gasteiger partial charge in [0.25, 0.3) is 0 Å². The molecule has 0 aliphatic rings.